The summed E-state index contributed by atoms with van der Waals surface area (Å²) in [7, 11) is -9.79. The van der Waals surface area contributed by atoms with Crippen LogP contribution in [-0.2, 0) is 33.6 Å². The second-order valence-electron chi connectivity index (χ2n) is 12.7. The molecule has 5 aromatic carbocycles. The van der Waals surface area contributed by atoms with Crippen molar-refractivity contribution in [2.24, 2.45) is 11.8 Å². The molecule has 0 bridgehead atoms. The summed E-state index contributed by atoms with van der Waals surface area (Å²) in [5.41, 5.74) is 5.61. The Hall–Kier alpha value is -3.02. The van der Waals surface area contributed by atoms with E-state index in [9.17, 15) is 25.9 Å². The van der Waals surface area contributed by atoms with E-state index in [0.717, 1.165) is 36.1 Å². The van der Waals surface area contributed by atoms with Crippen molar-refractivity contribution in [3.05, 3.63) is 158 Å². The van der Waals surface area contributed by atoms with Gasteiger partial charge in [0, 0.05) is 0 Å². The maximum absolute atomic E-state index is 10.2. The largest absolute Gasteiger partial charge is 0.716 e. The summed E-state index contributed by atoms with van der Waals surface area (Å²) in [4.78, 5) is 0. The van der Waals surface area contributed by atoms with Gasteiger partial charge in [0.25, 0.3) is 20.8 Å². The summed E-state index contributed by atoms with van der Waals surface area (Å²) in [6.45, 7) is 13.4. The van der Waals surface area contributed by atoms with Crippen molar-refractivity contribution in [2.45, 2.75) is 54.4 Å². The molecule has 0 fully saturated rings. The molecule has 5 aromatic rings. The first-order chi connectivity index (χ1) is 24.4. The van der Waals surface area contributed by atoms with Crippen LogP contribution in [-0.4, -0.2) is 25.9 Å². The fourth-order valence-electron chi connectivity index (χ4n) is 4.54. The number of halogens is 2. The molecular formula is C40H44I2O8S2. The Morgan fingerprint density at radius 3 is 0.942 bits per heavy atom. The molecule has 0 amide bonds. The Kier molecular flexibility index (Phi) is 17.5. The first-order valence-electron chi connectivity index (χ1n) is 16.4. The molecule has 0 saturated heterocycles. The van der Waals surface area contributed by atoms with E-state index in [1.165, 1.54) is 49.4 Å². The van der Waals surface area contributed by atoms with Crippen molar-refractivity contribution in [2.75, 3.05) is 0 Å². The number of benzene rings is 5. The molecule has 278 valence electrons. The second-order valence-corrected chi connectivity index (χ2v) is 20.7. The molecule has 0 atom stereocenters. The predicted molar refractivity (Wildman–Crippen MR) is 194 cm³/mol. The van der Waals surface area contributed by atoms with Crippen molar-refractivity contribution < 1.29 is 76.7 Å². The lowest BCUT2D eigenvalue weighted by Gasteiger charge is -2.11. The number of aryl methyl sites for hydroxylation is 2. The van der Waals surface area contributed by atoms with Crippen molar-refractivity contribution in [1.82, 2.24) is 0 Å². The summed E-state index contributed by atoms with van der Waals surface area (Å²) < 4.78 is 74.8. The maximum atomic E-state index is 10.2. The van der Waals surface area contributed by atoms with Gasteiger partial charge in [0.15, 0.2) is 14.3 Å². The molecule has 12 heteroatoms. The second kappa shape index (κ2) is 21.0. The molecule has 0 N–H and O–H groups in total. The van der Waals surface area contributed by atoms with Gasteiger partial charge in [-0.3, -0.25) is 0 Å². The molecule has 0 heterocycles. The van der Waals surface area contributed by atoms with Gasteiger partial charge in [0.05, 0.1) is 0 Å². The molecule has 0 aliphatic carbocycles. The molecule has 0 unspecified atom stereocenters. The molecule has 0 aliphatic heterocycles. The third-order valence-electron chi connectivity index (χ3n) is 6.79. The molecule has 52 heavy (non-hydrogen) atoms. The zero-order valence-corrected chi connectivity index (χ0v) is 35.9. The highest BCUT2D eigenvalue weighted by Gasteiger charge is 2.16. The van der Waals surface area contributed by atoms with Crippen LogP contribution in [0.2, 0.25) is 0 Å². The fourth-order valence-corrected chi connectivity index (χ4v) is 9.55. The fraction of sp³-hybridized carbons (Fsp3) is 0.250. The lowest BCUT2D eigenvalue weighted by Crippen LogP contribution is -3.61. The Morgan fingerprint density at radius 1 is 0.462 bits per heavy atom. The van der Waals surface area contributed by atoms with Crippen LogP contribution in [0, 0.1) is 40.0 Å². The normalized spacial score (nSPS) is 11.3. The molecule has 5 rings (SSSR count). The summed E-state index contributed by atoms with van der Waals surface area (Å²) >= 11 is -0.0359. The lowest BCUT2D eigenvalue weighted by atomic mass is 10.0. The van der Waals surface area contributed by atoms with Crippen LogP contribution in [0.1, 0.15) is 49.9 Å². The Balaban J connectivity index is 0.000000211. The molecule has 0 radical (unpaired) electrons. The third-order valence-corrected chi connectivity index (χ3v) is 13.0. The Labute approximate surface area is 330 Å². The van der Waals surface area contributed by atoms with E-state index in [2.05, 4.69) is 147 Å². The minimum atomic E-state index is -4.90. The van der Waals surface area contributed by atoms with Gasteiger partial charge in [-0.05, 0) is 122 Å². The van der Waals surface area contributed by atoms with E-state index >= 15 is 0 Å². The van der Waals surface area contributed by atoms with Crippen molar-refractivity contribution >= 4 is 20.8 Å². The lowest BCUT2D eigenvalue weighted by molar-refractivity contribution is -0.597. The minimum absolute atomic E-state index is 0.0179. The standard InChI is InChI=1S/2C17H20I.C6H6O8S2/c2*1-13(2)12-15-6-10-17(11-7-15)18-16-8-4-14(3)5-9-16;7-15(8,9)13-5-1-2-6(4-3-5)14-16(10,11)12/h2*4-11,13H,12H2,1-3H3;1-4H,(H,7,8,9)(H,10,11,12)/q2*+1;/p-2. The molecular weight excluding hydrogens is 926 g/mol. The summed E-state index contributed by atoms with van der Waals surface area (Å²) in [6.07, 6.45) is 2.37. The van der Waals surface area contributed by atoms with Crippen LogP contribution in [0.4, 0.5) is 0 Å². The monoisotopic (exact) mass is 970 g/mol. The van der Waals surface area contributed by atoms with Crippen molar-refractivity contribution in [3.63, 3.8) is 0 Å². The van der Waals surface area contributed by atoms with E-state index in [1.807, 2.05) is 0 Å². The van der Waals surface area contributed by atoms with Gasteiger partial charge in [-0.25, -0.2) is 16.8 Å². The van der Waals surface area contributed by atoms with Crippen LogP contribution in [0.15, 0.2) is 121 Å². The number of rotatable bonds is 12. The van der Waals surface area contributed by atoms with E-state index in [-0.39, 0.29) is 53.9 Å². The predicted octanol–water partition coefficient (Wildman–Crippen LogP) is 2.01. The molecule has 0 saturated carbocycles. The zero-order valence-electron chi connectivity index (χ0n) is 30.0. The van der Waals surface area contributed by atoms with Crippen LogP contribution in [0.3, 0.4) is 0 Å². The van der Waals surface area contributed by atoms with Crippen LogP contribution in [0.5, 0.6) is 11.5 Å². The molecule has 0 aliphatic rings. The van der Waals surface area contributed by atoms with Crippen molar-refractivity contribution in [3.8, 4) is 11.5 Å². The average molecular weight is 971 g/mol. The summed E-state index contributed by atoms with van der Waals surface area (Å²) in [5.74, 6) is 0.821. The van der Waals surface area contributed by atoms with Gasteiger partial charge in [-0.2, -0.15) is 0 Å². The van der Waals surface area contributed by atoms with Gasteiger partial charge in [-0.15, -0.1) is 0 Å². The molecule has 0 spiro atoms. The SMILES string of the molecule is Cc1ccc([I+]c2ccc(CC(C)C)cc2)cc1.Cc1ccc([I+]c2ccc(CC(C)C)cc2)cc1.O=S(=O)([O-])Oc1ccc(OS(=O)(=O)[O-])cc1. The van der Waals surface area contributed by atoms with Gasteiger partial charge in [0.2, 0.25) is 0 Å². The first-order valence-corrected chi connectivity index (χ1v) is 23.4. The quantitative estimate of drug-likeness (QED) is 0.106. The van der Waals surface area contributed by atoms with Gasteiger partial charge >= 0.3 is 42.4 Å². The van der Waals surface area contributed by atoms with Crippen LogP contribution >= 0.6 is 0 Å². The van der Waals surface area contributed by atoms with Gasteiger partial charge in [-0.1, -0.05) is 87.4 Å². The molecule has 0 aromatic heterocycles. The van der Waals surface area contributed by atoms with E-state index < -0.39 is 20.8 Å². The van der Waals surface area contributed by atoms with E-state index in [1.54, 1.807) is 0 Å². The van der Waals surface area contributed by atoms with Gasteiger partial charge in [0.1, 0.15) is 11.5 Å². The summed E-state index contributed by atoms with van der Waals surface area (Å²) in [5, 5.41) is 0. The maximum Gasteiger partial charge on any atom is 0.357 e. The number of hydrogen-bond acceptors (Lipinski definition) is 8. The summed E-state index contributed by atoms with van der Waals surface area (Å²) in [6, 6.07) is 40.2. The Morgan fingerprint density at radius 2 is 0.712 bits per heavy atom. The highest BCUT2D eigenvalue weighted by atomic mass is 127. The molecule has 8 nitrogen and oxygen atoms in total. The van der Waals surface area contributed by atoms with Gasteiger partial charge < -0.3 is 17.5 Å². The zero-order chi connectivity index (χ0) is 38.3. The van der Waals surface area contributed by atoms with Crippen molar-refractivity contribution in [1.29, 1.82) is 0 Å². The van der Waals surface area contributed by atoms with Crippen LogP contribution < -0.4 is 50.8 Å². The van der Waals surface area contributed by atoms with E-state index in [4.69, 9.17) is 0 Å². The topological polar surface area (TPSA) is 133 Å². The number of hydrogen-bond donors (Lipinski definition) is 0. The van der Waals surface area contributed by atoms with Crippen LogP contribution in [0.25, 0.3) is 0 Å². The first kappa shape index (κ1) is 43.4. The average Bonchev–Trinajstić information content (AvgIpc) is 3.05. The smallest absolute Gasteiger partial charge is 0.357 e. The highest BCUT2D eigenvalue weighted by Crippen LogP contribution is 2.19. The Bertz CT molecular complexity index is 1860. The third kappa shape index (κ3) is 18.6. The van der Waals surface area contributed by atoms with E-state index in [0.29, 0.717) is 0 Å². The highest BCUT2D eigenvalue weighted by molar-refractivity contribution is 7.81. The minimum Gasteiger partial charge on any atom is -0.716 e.